The molecule has 0 bridgehead atoms. The van der Waals surface area contributed by atoms with E-state index in [-0.39, 0.29) is 0 Å². The first kappa shape index (κ1) is 20.1. The number of rotatable bonds is 11. The predicted molar refractivity (Wildman–Crippen MR) is 96.1 cm³/mol. The molecule has 0 amide bonds. The van der Waals surface area contributed by atoms with Crippen LogP contribution in [-0.4, -0.2) is 6.54 Å². The van der Waals surface area contributed by atoms with Crippen molar-refractivity contribution in [3.8, 4) is 12.3 Å². The maximum absolute atomic E-state index is 5.43. The van der Waals surface area contributed by atoms with Gasteiger partial charge >= 0.3 is 0 Å². The summed E-state index contributed by atoms with van der Waals surface area (Å²) < 4.78 is 0. The lowest BCUT2D eigenvalue weighted by Gasteiger charge is -2.28. The van der Waals surface area contributed by atoms with Crippen LogP contribution in [0.3, 0.4) is 0 Å². The predicted octanol–water partition coefficient (Wildman–Crippen LogP) is 5.77. The maximum Gasteiger partial charge on any atom is 0.0144 e. The van der Waals surface area contributed by atoms with Crippen LogP contribution < -0.4 is 5.32 Å². The minimum atomic E-state index is 0.293. The topological polar surface area (TPSA) is 12.0 Å². The summed E-state index contributed by atoms with van der Waals surface area (Å²) in [5.74, 6) is 3.33. The van der Waals surface area contributed by atoms with Gasteiger partial charge < -0.3 is 5.32 Å². The van der Waals surface area contributed by atoms with Gasteiger partial charge in [-0.05, 0) is 42.4 Å². The van der Waals surface area contributed by atoms with Crippen LogP contribution in [0.4, 0.5) is 0 Å². The van der Waals surface area contributed by atoms with Gasteiger partial charge in [0.15, 0.2) is 0 Å². The van der Waals surface area contributed by atoms with Gasteiger partial charge in [-0.15, -0.1) is 12.3 Å². The molecular formula is C20H37N. The van der Waals surface area contributed by atoms with Crippen LogP contribution in [0.5, 0.6) is 0 Å². The summed E-state index contributed by atoms with van der Waals surface area (Å²) in [6.45, 7) is 18.8. The molecule has 0 spiro atoms. The molecule has 0 aliphatic heterocycles. The second-order valence-corrected chi connectivity index (χ2v) is 8.27. The van der Waals surface area contributed by atoms with E-state index in [2.05, 4.69) is 59.4 Å². The van der Waals surface area contributed by atoms with E-state index in [0.717, 1.165) is 18.7 Å². The molecule has 0 heterocycles. The van der Waals surface area contributed by atoms with E-state index in [1.54, 1.807) is 0 Å². The molecule has 1 N–H and O–H groups in total. The molecule has 0 saturated heterocycles. The van der Waals surface area contributed by atoms with Gasteiger partial charge in [0.25, 0.3) is 0 Å². The van der Waals surface area contributed by atoms with Crippen LogP contribution >= 0.6 is 0 Å². The zero-order chi connectivity index (χ0) is 16.5. The Morgan fingerprint density at radius 3 is 2.10 bits per heavy atom. The number of allylic oxidation sites excluding steroid dienone is 1. The van der Waals surface area contributed by atoms with Crippen LogP contribution in [0.15, 0.2) is 12.3 Å². The minimum Gasteiger partial charge on any atom is -0.389 e. The van der Waals surface area contributed by atoms with Crippen LogP contribution in [-0.2, 0) is 0 Å². The van der Waals surface area contributed by atoms with E-state index in [1.165, 1.54) is 32.1 Å². The minimum absolute atomic E-state index is 0.293. The van der Waals surface area contributed by atoms with Crippen molar-refractivity contribution in [2.45, 2.75) is 80.1 Å². The van der Waals surface area contributed by atoms with Crippen LogP contribution in [0, 0.1) is 29.1 Å². The highest BCUT2D eigenvalue weighted by Gasteiger charge is 2.21. The van der Waals surface area contributed by atoms with Crippen molar-refractivity contribution in [1.29, 1.82) is 0 Å². The Labute approximate surface area is 134 Å². The van der Waals surface area contributed by atoms with E-state index in [9.17, 15) is 0 Å². The van der Waals surface area contributed by atoms with Crippen molar-refractivity contribution in [2.24, 2.45) is 16.7 Å². The number of terminal acetylenes is 1. The first-order valence-corrected chi connectivity index (χ1v) is 8.46. The Morgan fingerprint density at radius 2 is 1.57 bits per heavy atom. The number of nitrogens with one attached hydrogen (secondary N) is 1. The highest BCUT2D eigenvalue weighted by Crippen LogP contribution is 2.33. The molecule has 0 unspecified atom stereocenters. The zero-order valence-electron chi connectivity index (χ0n) is 15.3. The summed E-state index contributed by atoms with van der Waals surface area (Å²) in [5.41, 5.74) is 1.87. The smallest absolute Gasteiger partial charge is 0.0144 e. The molecule has 122 valence electrons. The van der Waals surface area contributed by atoms with E-state index < -0.39 is 0 Å². The van der Waals surface area contributed by atoms with Crippen molar-refractivity contribution in [3.63, 3.8) is 0 Å². The fourth-order valence-corrected chi connectivity index (χ4v) is 2.56. The van der Waals surface area contributed by atoms with Crippen molar-refractivity contribution >= 4 is 0 Å². The molecule has 0 aromatic carbocycles. The van der Waals surface area contributed by atoms with Gasteiger partial charge in [0.2, 0.25) is 0 Å². The molecule has 21 heavy (non-hydrogen) atoms. The average molecular weight is 292 g/mol. The Hall–Kier alpha value is -0.900. The molecule has 0 aliphatic carbocycles. The summed E-state index contributed by atoms with van der Waals surface area (Å²) in [6, 6.07) is 0. The first-order chi connectivity index (χ1) is 9.59. The average Bonchev–Trinajstić information content (AvgIpc) is 2.33. The number of hydrogen-bond acceptors (Lipinski definition) is 1. The zero-order valence-corrected chi connectivity index (χ0v) is 15.3. The van der Waals surface area contributed by atoms with Crippen molar-refractivity contribution in [2.75, 3.05) is 6.54 Å². The Bertz CT molecular complexity index is 341. The first-order valence-electron chi connectivity index (χ1n) is 8.46. The van der Waals surface area contributed by atoms with Gasteiger partial charge in [-0.2, -0.15) is 0 Å². The molecule has 1 nitrogen and oxygen atoms in total. The largest absolute Gasteiger partial charge is 0.389 e. The second kappa shape index (κ2) is 9.19. The SMILES string of the molecule is C#CCC(C)(C)CCCC(C)(C)CCCNC(=C)C(C)C. The summed E-state index contributed by atoms with van der Waals surface area (Å²) in [5, 5.41) is 3.44. The Kier molecular flexibility index (Phi) is 8.79. The third-order valence-corrected chi connectivity index (χ3v) is 4.37. The van der Waals surface area contributed by atoms with E-state index in [1.807, 2.05) is 0 Å². The monoisotopic (exact) mass is 291 g/mol. The molecule has 0 radical (unpaired) electrons. The van der Waals surface area contributed by atoms with E-state index in [4.69, 9.17) is 6.42 Å². The molecule has 0 rings (SSSR count). The summed E-state index contributed by atoms with van der Waals surface area (Å²) in [6.07, 6.45) is 12.6. The summed E-state index contributed by atoms with van der Waals surface area (Å²) >= 11 is 0. The fourth-order valence-electron chi connectivity index (χ4n) is 2.56. The maximum atomic E-state index is 5.43. The fraction of sp³-hybridized carbons (Fsp3) is 0.800. The van der Waals surface area contributed by atoms with Crippen LogP contribution in [0.2, 0.25) is 0 Å². The van der Waals surface area contributed by atoms with Gasteiger partial charge in [0.1, 0.15) is 0 Å². The van der Waals surface area contributed by atoms with Gasteiger partial charge in [-0.25, -0.2) is 0 Å². The lowest BCUT2D eigenvalue weighted by molar-refractivity contribution is 0.252. The molecule has 0 saturated carbocycles. The van der Waals surface area contributed by atoms with Crippen molar-refractivity contribution in [1.82, 2.24) is 5.32 Å². The molecule has 0 aliphatic rings. The molecule has 1 heteroatoms. The highest BCUT2D eigenvalue weighted by atomic mass is 14.9. The lowest BCUT2D eigenvalue weighted by Crippen LogP contribution is -2.20. The van der Waals surface area contributed by atoms with Crippen LogP contribution in [0.25, 0.3) is 0 Å². The lowest BCUT2D eigenvalue weighted by atomic mass is 9.78. The normalized spacial score (nSPS) is 12.3. The van der Waals surface area contributed by atoms with Gasteiger partial charge in [0, 0.05) is 18.7 Å². The summed E-state index contributed by atoms with van der Waals surface area (Å²) in [7, 11) is 0. The Balaban J connectivity index is 3.89. The molecule has 0 aromatic rings. The Morgan fingerprint density at radius 1 is 1.05 bits per heavy atom. The molecule has 0 atom stereocenters. The highest BCUT2D eigenvalue weighted by molar-refractivity contribution is 4.94. The van der Waals surface area contributed by atoms with Crippen molar-refractivity contribution in [3.05, 3.63) is 12.3 Å². The van der Waals surface area contributed by atoms with Gasteiger partial charge in [0.05, 0.1) is 0 Å². The molecule has 0 fully saturated rings. The standard InChI is InChI=1S/C20H37N/c1-9-12-19(5,6)13-10-14-20(7,8)15-11-16-21-18(4)17(2)3/h1,17,21H,4,10-16H2,2-3,5-8H3. The van der Waals surface area contributed by atoms with Gasteiger partial charge in [-0.3, -0.25) is 0 Å². The second-order valence-electron chi connectivity index (χ2n) is 8.27. The third-order valence-electron chi connectivity index (χ3n) is 4.37. The van der Waals surface area contributed by atoms with E-state index >= 15 is 0 Å². The summed E-state index contributed by atoms with van der Waals surface area (Å²) in [4.78, 5) is 0. The third kappa shape index (κ3) is 10.5. The molecular weight excluding hydrogens is 254 g/mol. The molecule has 0 aromatic heterocycles. The van der Waals surface area contributed by atoms with E-state index in [0.29, 0.717) is 16.7 Å². The van der Waals surface area contributed by atoms with Crippen molar-refractivity contribution < 1.29 is 0 Å². The number of hydrogen-bond donors (Lipinski definition) is 1. The van der Waals surface area contributed by atoms with Crippen LogP contribution in [0.1, 0.15) is 80.1 Å². The quantitative estimate of drug-likeness (QED) is 0.376. The van der Waals surface area contributed by atoms with Gasteiger partial charge in [-0.1, -0.05) is 54.5 Å².